The fourth-order valence-corrected chi connectivity index (χ4v) is 5.15. The zero-order chi connectivity index (χ0) is 22.3. The number of nitrogens with zero attached hydrogens (tertiary/aromatic N) is 2. The predicted octanol–water partition coefficient (Wildman–Crippen LogP) is 4.05. The minimum absolute atomic E-state index is 0.0573. The maximum absolute atomic E-state index is 13.3. The first kappa shape index (κ1) is 20.9. The zero-order valence-electron chi connectivity index (χ0n) is 17.9. The van der Waals surface area contributed by atoms with Gasteiger partial charge in [-0.3, -0.25) is 4.79 Å². The number of aromatic nitrogens is 2. The van der Waals surface area contributed by atoms with Crippen LogP contribution in [0.25, 0.3) is 10.9 Å². The van der Waals surface area contributed by atoms with Gasteiger partial charge in [0, 0.05) is 30.7 Å². The molecule has 6 nitrogen and oxygen atoms in total. The summed E-state index contributed by atoms with van der Waals surface area (Å²) in [6.45, 7) is 3.93. The normalized spacial score (nSPS) is 12.8. The Bertz CT molecular complexity index is 1410. The topological polar surface area (TPSA) is 70.3 Å². The van der Waals surface area contributed by atoms with E-state index in [9.17, 15) is 13.2 Å². The summed E-state index contributed by atoms with van der Waals surface area (Å²) in [7, 11) is -0.650. The molecule has 1 atom stereocenters. The Hall–Kier alpha value is -3.32. The third-order valence-electron chi connectivity index (χ3n) is 5.68. The fourth-order valence-electron chi connectivity index (χ4n) is 3.80. The van der Waals surface area contributed by atoms with E-state index < -0.39 is 10.0 Å². The summed E-state index contributed by atoms with van der Waals surface area (Å²) in [5.74, 6) is 0.704. The molecule has 7 heteroatoms. The van der Waals surface area contributed by atoms with Gasteiger partial charge in [-0.1, -0.05) is 36.8 Å². The van der Waals surface area contributed by atoms with Gasteiger partial charge in [0.15, 0.2) is 0 Å². The van der Waals surface area contributed by atoms with Gasteiger partial charge in [-0.25, -0.2) is 12.4 Å². The molecule has 0 N–H and O–H groups in total. The average Bonchev–Trinajstić information content (AvgIpc) is 3.22. The van der Waals surface area contributed by atoms with E-state index in [0.717, 1.165) is 26.4 Å². The van der Waals surface area contributed by atoms with Crippen molar-refractivity contribution >= 4 is 20.9 Å². The summed E-state index contributed by atoms with van der Waals surface area (Å²) in [5.41, 5.74) is 2.67. The number of hydrogen-bond donors (Lipinski definition) is 0. The number of aryl methyl sites for hydroxylation is 2. The maximum Gasteiger partial charge on any atom is 0.275 e. The largest absolute Gasteiger partial charge is 0.497 e. The molecule has 0 radical (unpaired) electrons. The quantitative estimate of drug-likeness (QED) is 0.473. The van der Waals surface area contributed by atoms with E-state index in [0.29, 0.717) is 5.39 Å². The van der Waals surface area contributed by atoms with Crippen LogP contribution in [-0.2, 0) is 17.1 Å². The Labute approximate surface area is 181 Å². The number of pyridine rings is 1. The minimum atomic E-state index is -3.91. The first-order valence-electron chi connectivity index (χ1n) is 9.91. The van der Waals surface area contributed by atoms with Crippen molar-refractivity contribution in [2.45, 2.75) is 24.7 Å². The van der Waals surface area contributed by atoms with Crippen LogP contribution in [0, 0.1) is 6.92 Å². The standard InChI is InChI=1S/C24H24N2O4S/c1-16-5-11-20(12-6-16)31(28,29)26-14-13-21-22(15-25(3)24(27)23(21)26)17(2)18-7-9-19(30-4)10-8-18/h5-15,17H,1-4H3. The van der Waals surface area contributed by atoms with E-state index in [1.807, 2.05) is 38.1 Å². The van der Waals surface area contributed by atoms with Gasteiger partial charge in [-0.15, -0.1) is 0 Å². The Balaban J connectivity index is 1.91. The maximum atomic E-state index is 13.3. The summed E-state index contributed by atoms with van der Waals surface area (Å²) in [4.78, 5) is 13.1. The smallest absolute Gasteiger partial charge is 0.275 e. The van der Waals surface area contributed by atoms with Gasteiger partial charge in [-0.2, -0.15) is 0 Å². The minimum Gasteiger partial charge on any atom is -0.497 e. The van der Waals surface area contributed by atoms with Crippen molar-refractivity contribution in [1.82, 2.24) is 8.54 Å². The van der Waals surface area contributed by atoms with Crippen LogP contribution in [-0.4, -0.2) is 24.1 Å². The van der Waals surface area contributed by atoms with Crippen LogP contribution < -0.4 is 10.3 Å². The van der Waals surface area contributed by atoms with Crippen molar-refractivity contribution in [3.63, 3.8) is 0 Å². The highest BCUT2D eigenvalue weighted by Crippen LogP contribution is 2.31. The van der Waals surface area contributed by atoms with Gasteiger partial charge < -0.3 is 9.30 Å². The molecule has 0 saturated carbocycles. The number of rotatable bonds is 5. The Morgan fingerprint density at radius 2 is 1.61 bits per heavy atom. The van der Waals surface area contributed by atoms with Crippen molar-refractivity contribution in [2.24, 2.45) is 7.05 Å². The number of hydrogen-bond acceptors (Lipinski definition) is 4. The van der Waals surface area contributed by atoms with E-state index in [4.69, 9.17) is 4.74 Å². The molecule has 2 aromatic carbocycles. The summed E-state index contributed by atoms with van der Waals surface area (Å²) in [6.07, 6.45) is 3.24. The van der Waals surface area contributed by atoms with Gasteiger partial charge in [0.25, 0.3) is 15.6 Å². The first-order valence-corrected chi connectivity index (χ1v) is 11.3. The van der Waals surface area contributed by atoms with Crippen LogP contribution in [0.5, 0.6) is 5.75 Å². The molecule has 2 aromatic heterocycles. The highest BCUT2D eigenvalue weighted by molar-refractivity contribution is 7.90. The van der Waals surface area contributed by atoms with Gasteiger partial charge in [0.05, 0.1) is 12.0 Å². The summed E-state index contributed by atoms with van der Waals surface area (Å²) in [5, 5.41) is 0.627. The van der Waals surface area contributed by atoms with E-state index in [1.165, 1.54) is 10.8 Å². The highest BCUT2D eigenvalue weighted by atomic mass is 32.2. The lowest BCUT2D eigenvalue weighted by Crippen LogP contribution is -2.23. The molecule has 0 aliphatic heterocycles. The van der Waals surface area contributed by atoms with Gasteiger partial charge in [-0.05, 0) is 48.4 Å². The second-order valence-electron chi connectivity index (χ2n) is 7.69. The molecule has 31 heavy (non-hydrogen) atoms. The van der Waals surface area contributed by atoms with Crippen LogP contribution in [0.3, 0.4) is 0 Å². The fraction of sp³-hybridized carbons (Fsp3) is 0.208. The molecule has 0 bridgehead atoms. The molecule has 0 amide bonds. The lowest BCUT2D eigenvalue weighted by molar-refractivity contribution is 0.414. The molecule has 2 heterocycles. The molecule has 4 rings (SSSR count). The third-order valence-corrected chi connectivity index (χ3v) is 7.37. The number of fused-ring (bicyclic) bond motifs is 1. The Morgan fingerprint density at radius 1 is 0.968 bits per heavy atom. The van der Waals surface area contributed by atoms with Crippen LogP contribution in [0.1, 0.15) is 29.5 Å². The van der Waals surface area contributed by atoms with E-state index in [-0.39, 0.29) is 21.9 Å². The molecule has 0 aliphatic carbocycles. The van der Waals surface area contributed by atoms with Crippen molar-refractivity contribution in [1.29, 1.82) is 0 Å². The molecule has 0 spiro atoms. The molecule has 160 valence electrons. The molecule has 0 fully saturated rings. The van der Waals surface area contributed by atoms with E-state index >= 15 is 0 Å². The van der Waals surface area contributed by atoms with Crippen molar-refractivity contribution < 1.29 is 13.2 Å². The summed E-state index contributed by atoms with van der Waals surface area (Å²) >= 11 is 0. The second-order valence-corrected chi connectivity index (χ2v) is 9.50. The van der Waals surface area contributed by atoms with Crippen LogP contribution in [0.2, 0.25) is 0 Å². The summed E-state index contributed by atoms with van der Waals surface area (Å²) < 4.78 is 34.4. The molecular weight excluding hydrogens is 412 g/mol. The second kappa shape index (κ2) is 7.74. The van der Waals surface area contributed by atoms with Crippen LogP contribution in [0.4, 0.5) is 0 Å². The lowest BCUT2D eigenvalue weighted by Gasteiger charge is -2.16. The van der Waals surface area contributed by atoms with Gasteiger partial charge >= 0.3 is 0 Å². The Morgan fingerprint density at radius 3 is 2.23 bits per heavy atom. The molecular formula is C24H24N2O4S. The molecule has 0 aliphatic rings. The lowest BCUT2D eigenvalue weighted by atomic mass is 9.92. The third kappa shape index (κ3) is 3.55. The van der Waals surface area contributed by atoms with Gasteiger partial charge in [0.2, 0.25) is 0 Å². The zero-order valence-corrected chi connectivity index (χ0v) is 18.7. The predicted molar refractivity (Wildman–Crippen MR) is 121 cm³/mol. The average molecular weight is 437 g/mol. The summed E-state index contributed by atoms with van der Waals surface area (Å²) in [6, 6.07) is 16.0. The first-order chi connectivity index (χ1) is 14.7. The van der Waals surface area contributed by atoms with Gasteiger partial charge in [0.1, 0.15) is 11.3 Å². The monoisotopic (exact) mass is 436 g/mol. The number of methoxy groups -OCH3 is 1. The van der Waals surface area contributed by atoms with E-state index in [1.54, 1.807) is 50.7 Å². The Kier molecular flexibility index (Phi) is 5.23. The number of benzene rings is 2. The van der Waals surface area contributed by atoms with Crippen LogP contribution in [0.15, 0.2) is 76.7 Å². The SMILES string of the molecule is COc1ccc(C(C)c2cn(C)c(=O)c3c2ccn3S(=O)(=O)c2ccc(C)cc2)cc1. The number of ether oxygens (including phenoxy) is 1. The molecule has 1 unspecified atom stereocenters. The highest BCUT2D eigenvalue weighted by Gasteiger charge is 2.24. The molecule has 4 aromatic rings. The van der Waals surface area contributed by atoms with E-state index in [2.05, 4.69) is 0 Å². The molecule has 0 saturated heterocycles. The van der Waals surface area contributed by atoms with Crippen molar-refractivity contribution in [3.05, 3.63) is 94.0 Å². The van der Waals surface area contributed by atoms with Crippen LogP contribution >= 0.6 is 0 Å². The van der Waals surface area contributed by atoms with Crippen molar-refractivity contribution in [2.75, 3.05) is 7.11 Å². The van der Waals surface area contributed by atoms with Crippen molar-refractivity contribution in [3.8, 4) is 5.75 Å².